The summed E-state index contributed by atoms with van der Waals surface area (Å²) in [6, 6.07) is 5.38. The Morgan fingerprint density at radius 1 is 1.36 bits per heavy atom. The zero-order valence-corrected chi connectivity index (χ0v) is 12.7. The summed E-state index contributed by atoms with van der Waals surface area (Å²) in [5, 5.41) is 11.9. The van der Waals surface area contributed by atoms with Crippen LogP contribution in [0.4, 0.5) is 0 Å². The van der Waals surface area contributed by atoms with Crippen LogP contribution in [0.15, 0.2) is 22.6 Å². The molecule has 1 N–H and O–H groups in total. The highest BCUT2D eigenvalue weighted by Gasteiger charge is 2.27. The Morgan fingerprint density at radius 3 is 2.68 bits per heavy atom. The lowest BCUT2D eigenvalue weighted by Gasteiger charge is -2.23. The van der Waals surface area contributed by atoms with E-state index in [4.69, 9.17) is 9.68 Å². The van der Waals surface area contributed by atoms with Crippen LogP contribution in [0.2, 0.25) is 0 Å². The van der Waals surface area contributed by atoms with E-state index >= 15 is 0 Å². The van der Waals surface area contributed by atoms with Crippen LogP contribution >= 0.6 is 0 Å². The Bertz CT molecular complexity index is 604. The fourth-order valence-electron chi connectivity index (χ4n) is 2.59. The lowest BCUT2D eigenvalue weighted by molar-refractivity contribution is -0.130. The molecule has 0 bridgehead atoms. The topological polar surface area (TPSA) is 83.1 Å². The molecular formula is C17H20N2O3. The van der Waals surface area contributed by atoms with Crippen LogP contribution in [0.25, 0.3) is 6.08 Å². The van der Waals surface area contributed by atoms with Gasteiger partial charge in [0.2, 0.25) is 5.91 Å². The number of nitrogens with one attached hydrogen (secondary N) is 1. The number of hydrogen-bond acceptors (Lipinski definition) is 4. The zero-order valence-electron chi connectivity index (χ0n) is 12.7. The average molecular weight is 300 g/mol. The summed E-state index contributed by atoms with van der Waals surface area (Å²) in [5.41, 5.74) is 0. The van der Waals surface area contributed by atoms with E-state index in [-0.39, 0.29) is 6.04 Å². The molecule has 1 fully saturated rings. The van der Waals surface area contributed by atoms with Crippen LogP contribution in [-0.2, 0) is 9.59 Å². The van der Waals surface area contributed by atoms with Gasteiger partial charge in [0.1, 0.15) is 11.5 Å². The maximum atomic E-state index is 12.1. The van der Waals surface area contributed by atoms with Gasteiger partial charge in [-0.2, -0.15) is 5.26 Å². The highest BCUT2D eigenvalue weighted by atomic mass is 16.3. The summed E-state index contributed by atoms with van der Waals surface area (Å²) in [4.78, 5) is 24.1. The second-order valence-electron chi connectivity index (χ2n) is 5.59. The van der Waals surface area contributed by atoms with Crippen molar-refractivity contribution in [3.63, 3.8) is 0 Å². The number of rotatable bonds is 5. The second kappa shape index (κ2) is 7.60. The van der Waals surface area contributed by atoms with E-state index < -0.39 is 17.6 Å². The largest absolute Gasteiger partial charge is 0.462 e. The van der Waals surface area contributed by atoms with Crippen molar-refractivity contribution in [3.8, 4) is 6.07 Å². The number of carbonyl (C=O) groups excluding carboxylic acids is 2. The fraction of sp³-hybridized carbons (Fsp3) is 0.471. The van der Waals surface area contributed by atoms with Gasteiger partial charge in [0, 0.05) is 6.04 Å². The average Bonchev–Trinajstić information content (AvgIpc) is 2.92. The van der Waals surface area contributed by atoms with Gasteiger partial charge in [-0.3, -0.25) is 9.59 Å². The van der Waals surface area contributed by atoms with Crippen LogP contribution in [0.1, 0.15) is 43.6 Å². The van der Waals surface area contributed by atoms with E-state index in [9.17, 15) is 9.59 Å². The Morgan fingerprint density at radius 2 is 2.09 bits per heavy atom. The van der Waals surface area contributed by atoms with Crippen LogP contribution in [0, 0.1) is 24.2 Å². The first-order valence-corrected chi connectivity index (χ1v) is 7.58. The van der Waals surface area contributed by atoms with Crippen molar-refractivity contribution < 1.29 is 14.0 Å². The molecule has 0 saturated heterocycles. The first-order valence-electron chi connectivity index (χ1n) is 7.58. The highest BCUT2D eigenvalue weighted by molar-refractivity contribution is 6.10. The van der Waals surface area contributed by atoms with Gasteiger partial charge in [-0.15, -0.1) is 0 Å². The zero-order chi connectivity index (χ0) is 15.9. The third-order valence-electron chi connectivity index (χ3n) is 3.80. The molecule has 0 radical (unpaired) electrons. The minimum Gasteiger partial charge on any atom is -0.462 e. The molecule has 0 aromatic carbocycles. The summed E-state index contributed by atoms with van der Waals surface area (Å²) in [7, 11) is 0. The van der Waals surface area contributed by atoms with Gasteiger partial charge in [-0.1, -0.05) is 19.3 Å². The smallest absolute Gasteiger partial charge is 0.245 e. The first kappa shape index (κ1) is 16.0. The molecule has 1 amide bonds. The minimum atomic E-state index is -1.30. The summed E-state index contributed by atoms with van der Waals surface area (Å²) in [6.45, 7) is 1.80. The van der Waals surface area contributed by atoms with Crippen LogP contribution in [-0.4, -0.2) is 17.7 Å². The number of nitrogens with zero attached hydrogens (tertiary/aromatic N) is 1. The number of amides is 1. The molecule has 1 aromatic heterocycles. The van der Waals surface area contributed by atoms with E-state index in [1.165, 1.54) is 18.6 Å². The molecule has 0 unspecified atom stereocenters. The predicted molar refractivity (Wildman–Crippen MR) is 81.6 cm³/mol. The molecule has 1 heterocycles. The molecule has 2 rings (SSSR count). The Kier molecular flexibility index (Phi) is 5.54. The molecule has 1 atom stereocenters. The van der Waals surface area contributed by atoms with E-state index in [2.05, 4.69) is 5.32 Å². The molecule has 1 aliphatic carbocycles. The Labute approximate surface area is 130 Å². The van der Waals surface area contributed by atoms with Gasteiger partial charge in [0.25, 0.3) is 0 Å². The maximum absolute atomic E-state index is 12.1. The molecule has 0 aliphatic heterocycles. The minimum absolute atomic E-state index is 0.0848. The molecule has 1 aliphatic rings. The van der Waals surface area contributed by atoms with Crippen LogP contribution in [0.3, 0.4) is 0 Å². The Hall–Kier alpha value is -2.35. The number of aryl methyl sites for hydroxylation is 1. The van der Waals surface area contributed by atoms with E-state index in [0.29, 0.717) is 5.76 Å². The normalized spacial score (nSPS) is 17.1. The van der Waals surface area contributed by atoms with Crippen molar-refractivity contribution in [2.24, 2.45) is 5.92 Å². The van der Waals surface area contributed by atoms with Crippen molar-refractivity contribution in [1.29, 1.82) is 5.26 Å². The molecule has 22 heavy (non-hydrogen) atoms. The quantitative estimate of drug-likeness (QED) is 0.669. The molecule has 1 saturated carbocycles. The third-order valence-corrected chi connectivity index (χ3v) is 3.80. The third kappa shape index (κ3) is 4.32. The van der Waals surface area contributed by atoms with E-state index in [0.717, 1.165) is 31.4 Å². The van der Waals surface area contributed by atoms with Crippen molar-refractivity contribution in [2.75, 3.05) is 0 Å². The van der Waals surface area contributed by atoms with Gasteiger partial charge in [-0.05, 0) is 44.1 Å². The van der Waals surface area contributed by atoms with Gasteiger partial charge >= 0.3 is 0 Å². The number of carbonyl (C=O) groups is 2. The molecule has 116 valence electrons. The van der Waals surface area contributed by atoms with Crippen LogP contribution in [0.5, 0.6) is 0 Å². The SMILES string of the molecule is Cc1ccc(/C=C/C(=O)[C@@H](C#N)C(=O)NC2CCCCC2)o1. The summed E-state index contributed by atoms with van der Waals surface area (Å²) < 4.78 is 5.31. The van der Waals surface area contributed by atoms with E-state index in [1.54, 1.807) is 25.1 Å². The first-order chi connectivity index (χ1) is 10.6. The standard InChI is InChI=1S/C17H20N2O3/c1-12-7-8-14(22-12)9-10-16(20)15(11-18)17(21)19-13-5-3-2-4-6-13/h7-10,13,15H,2-6H2,1H3,(H,19,21)/b10-9+/t15-/m1/s1. The van der Waals surface area contributed by atoms with Crippen molar-refractivity contribution in [3.05, 3.63) is 29.7 Å². The highest BCUT2D eigenvalue weighted by Crippen LogP contribution is 2.18. The molecular weight excluding hydrogens is 280 g/mol. The van der Waals surface area contributed by atoms with Gasteiger partial charge < -0.3 is 9.73 Å². The maximum Gasteiger partial charge on any atom is 0.245 e. The monoisotopic (exact) mass is 300 g/mol. The number of furan rings is 1. The van der Waals surface area contributed by atoms with Crippen molar-refractivity contribution in [2.45, 2.75) is 45.1 Å². The molecule has 1 aromatic rings. The summed E-state index contributed by atoms with van der Waals surface area (Å²) >= 11 is 0. The summed E-state index contributed by atoms with van der Waals surface area (Å²) in [5.74, 6) is -1.06. The molecule has 0 spiro atoms. The lowest BCUT2D eigenvalue weighted by Crippen LogP contribution is -2.41. The number of ketones is 1. The molecule has 5 nitrogen and oxygen atoms in total. The number of hydrogen-bond donors (Lipinski definition) is 1. The summed E-state index contributed by atoms with van der Waals surface area (Å²) in [6.07, 6.45) is 7.87. The van der Waals surface area contributed by atoms with Gasteiger partial charge in [0.15, 0.2) is 11.7 Å². The second-order valence-corrected chi connectivity index (χ2v) is 5.59. The fourth-order valence-corrected chi connectivity index (χ4v) is 2.59. The number of nitriles is 1. The number of allylic oxidation sites excluding steroid dienone is 1. The van der Waals surface area contributed by atoms with Gasteiger partial charge in [-0.25, -0.2) is 0 Å². The van der Waals surface area contributed by atoms with Crippen molar-refractivity contribution in [1.82, 2.24) is 5.32 Å². The predicted octanol–water partition coefficient (Wildman–Crippen LogP) is 2.76. The van der Waals surface area contributed by atoms with Crippen LogP contribution < -0.4 is 5.32 Å². The van der Waals surface area contributed by atoms with Gasteiger partial charge in [0.05, 0.1) is 6.07 Å². The Balaban J connectivity index is 1.94. The van der Waals surface area contributed by atoms with Crippen molar-refractivity contribution >= 4 is 17.8 Å². The molecule has 5 heteroatoms. The van der Waals surface area contributed by atoms with E-state index in [1.807, 2.05) is 0 Å². The lowest BCUT2D eigenvalue weighted by atomic mass is 9.94.